The van der Waals surface area contributed by atoms with Crippen molar-refractivity contribution in [3.05, 3.63) is 35.4 Å². The van der Waals surface area contributed by atoms with Crippen LogP contribution in [0.15, 0.2) is 24.3 Å². The van der Waals surface area contributed by atoms with Gasteiger partial charge in [-0.2, -0.15) is 0 Å². The highest BCUT2D eigenvalue weighted by Gasteiger charge is 2.29. The molecular weight excluding hydrogens is 178 g/mol. The lowest BCUT2D eigenvalue weighted by Gasteiger charge is -2.19. The number of aryl methyl sites for hydroxylation is 1. The van der Waals surface area contributed by atoms with E-state index in [0.29, 0.717) is 5.56 Å². The molecule has 0 saturated heterocycles. The Kier molecular flexibility index (Phi) is 2.91. The first-order valence-corrected chi connectivity index (χ1v) is 4.60. The SMILES string of the molecule is CCc1ccc(C(C)(O)C(N)=O)cc1. The van der Waals surface area contributed by atoms with Crippen molar-refractivity contribution in [1.29, 1.82) is 0 Å². The highest BCUT2D eigenvalue weighted by Crippen LogP contribution is 2.20. The molecule has 1 aromatic carbocycles. The van der Waals surface area contributed by atoms with E-state index in [9.17, 15) is 9.90 Å². The molecule has 76 valence electrons. The van der Waals surface area contributed by atoms with Crippen molar-refractivity contribution in [2.75, 3.05) is 0 Å². The Balaban J connectivity index is 3.02. The molecule has 0 radical (unpaired) electrons. The van der Waals surface area contributed by atoms with Crippen LogP contribution in [0.4, 0.5) is 0 Å². The maximum absolute atomic E-state index is 10.9. The summed E-state index contributed by atoms with van der Waals surface area (Å²) < 4.78 is 0. The summed E-state index contributed by atoms with van der Waals surface area (Å²) >= 11 is 0. The fraction of sp³-hybridized carbons (Fsp3) is 0.364. The topological polar surface area (TPSA) is 63.3 Å². The average molecular weight is 193 g/mol. The Labute approximate surface area is 83.6 Å². The minimum absolute atomic E-state index is 0.530. The van der Waals surface area contributed by atoms with Gasteiger partial charge in [-0.15, -0.1) is 0 Å². The van der Waals surface area contributed by atoms with Gasteiger partial charge in [0, 0.05) is 0 Å². The highest BCUT2D eigenvalue weighted by molar-refractivity contribution is 5.84. The van der Waals surface area contributed by atoms with Crippen LogP contribution in [0.5, 0.6) is 0 Å². The minimum Gasteiger partial charge on any atom is -0.376 e. The Morgan fingerprint density at radius 2 is 1.93 bits per heavy atom. The molecule has 0 spiro atoms. The number of hydrogen-bond acceptors (Lipinski definition) is 2. The zero-order valence-corrected chi connectivity index (χ0v) is 8.45. The van der Waals surface area contributed by atoms with Gasteiger partial charge in [0.25, 0.3) is 5.91 Å². The van der Waals surface area contributed by atoms with E-state index in [1.54, 1.807) is 12.1 Å². The van der Waals surface area contributed by atoms with Crippen LogP contribution in [0.2, 0.25) is 0 Å². The standard InChI is InChI=1S/C11H15NO2/c1-3-8-4-6-9(7-5-8)11(2,14)10(12)13/h4-7,14H,3H2,1-2H3,(H2,12,13). The third-order valence-corrected chi connectivity index (χ3v) is 2.40. The predicted octanol–water partition coefficient (Wildman–Crippen LogP) is 0.942. The van der Waals surface area contributed by atoms with Gasteiger partial charge in [-0.25, -0.2) is 0 Å². The number of amides is 1. The van der Waals surface area contributed by atoms with E-state index in [-0.39, 0.29) is 0 Å². The lowest BCUT2D eigenvalue weighted by molar-refractivity contribution is -0.135. The Hall–Kier alpha value is -1.35. The third kappa shape index (κ3) is 1.93. The minimum atomic E-state index is -1.58. The molecule has 14 heavy (non-hydrogen) atoms. The van der Waals surface area contributed by atoms with E-state index < -0.39 is 11.5 Å². The summed E-state index contributed by atoms with van der Waals surface area (Å²) in [6.45, 7) is 3.44. The van der Waals surface area contributed by atoms with Crippen LogP contribution < -0.4 is 5.73 Å². The molecule has 1 atom stereocenters. The number of nitrogens with two attached hydrogens (primary N) is 1. The van der Waals surface area contributed by atoms with Crippen LogP contribution in [0.3, 0.4) is 0 Å². The van der Waals surface area contributed by atoms with E-state index in [4.69, 9.17) is 5.73 Å². The molecule has 1 unspecified atom stereocenters. The van der Waals surface area contributed by atoms with Gasteiger partial charge in [0.05, 0.1) is 0 Å². The number of carbonyl (C=O) groups is 1. The average Bonchev–Trinajstić information content (AvgIpc) is 2.17. The van der Waals surface area contributed by atoms with Crippen molar-refractivity contribution >= 4 is 5.91 Å². The van der Waals surface area contributed by atoms with E-state index in [2.05, 4.69) is 0 Å². The molecule has 3 N–H and O–H groups in total. The molecule has 0 aliphatic carbocycles. The smallest absolute Gasteiger partial charge is 0.253 e. The van der Waals surface area contributed by atoms with Crippen molar-refractivity contribution < 1.29 is 9.90 Å². The van der Waals surface area contributed by atoms with E-state index in [1.807, 2.05) is 19.1 Å². The predicted molar refractivity (Wildman–Crippen MR) is 54.6 cm³/mol. The number of aliphatic hydroxyl groups is 1. The summed E-state index contributed by atoms with van der Waals surface area (Å²) in [5.41, 5.74) is 5.20. The van der Waals surface area contributed by atoms with Crippen molar-refractivity contribution in [1.82, 2.24) is 0 Å². The molecular formula is C11H15NO2. The maximum Gasteiger partial charge on any atom is 0.253 e. The monoisotopic (exact) mass is 193 g/mol. The van der Waals surface area contributed by atoms with Crippen LogP contribution in [0.25, 0.3) is 0 Å². The Morgan fingerprint density at radius 1 is 1.43 bits per heavy atom. The lowest BCUT2D eigenvalue weighted by Crippen LogP contribution is -2.38. The highest BCUT2D eigenvalue weighted by atomic mass is 16.3. The number of primary amides is 1. The number of carbonyl (C=O) groups excluding carboxylic acids is 1. The first-order chi connectivity index (χ1) is 6.48. The fourth-order valence-corrected chi connectivity index (χ4v) is 1.21. The second-order valence-electron chi connectivity index (χ2n) is 3.49. The van der Waals surface area contributed by atoms with Gasteiger partial charge in [0.15, 0.2) is 5.60 Å². The van der Waals surface area contributed by atoms with E-state index in [0.717, 1.165) is 12.0 Å². The molecule has 0 aliphatic heterocycles. The summed E-state index contributed by atoms with van der Waals surface area (Å²) in [5, 5.41) is 9.75. The first-order valence-electron chi connectivity index (χ1n) is 4.60. The number of benzene rings is 1. The zero-order valence-electron chi connectivity index (χ0n) is 8.45. The van der Waals surface area contributed by atoms with Crippen LogP contribution in [0, 0.1) is 0 Å². The molecule has 1 rings (SSSR count). The van der Waals surface area contributed by atoms with E-state index >= 15 is 0 Å². The largest absolute Gasteiger partial charge is 0.376 e. The van der Waals surface area contributed by atoms with Crippen LogP contribution in [-0.4, -0.2) is 11.0 Å². The molecule has 0 heterocycles. The second kappa shape index (κ2) is 3.80. The molecule has 0 bridgehead atoms. The van der Waals surface area contributed by atoms with Gasteiger partial charge >= 0.3 is 0 Å². The normalized spacial score (nSPS) is 14.8. The summed E-state index contributed by atoms with van der Waals surface area (Å²) in [7, 11) is 0. The van der Waals surface area contributed by atoms with Crippen LogP contribution in [0.1, 0.15) is 25.0 Å². The van der Waals surface area contributed by atoms with E-state index in [1.165, 1.54) is 6.92 Å². The molecule has 3 nitrogen and oxygen atoms in total. The van der Waals surface area contributed by atoms with Gasteiger partial charge < -0.3 is 10.8 Å². The van der Waals surface area contributed by atoms with Crippen LogP contribution >= 0.6 is 0 Å². The molecule has 0 aliphatic rings. The van der Waals surface area contributed by atoms with Crippen molar-refractivity contribution in [3.63, 3.8) is 0 Å². The molecule has 1 aromatic rings. The van der Waals surface area contributed by atoms with Gasteiger partial charge in [-0.05, 0) is 24.5 Å². The molecule has 0 aromatic heterocycles. The molecule has 1 amide bonds. The van der Waals surface area contributed by atoms with Crippen molar-refractivity contribution in [2.24, 2.45) is 5.73 Å². The quantitative estimate of drug-likeness (QED) is 0.750. The molecule has 0 saturated carbocycles. The fourth-order valence-electron chi connectivity index (χ4n) is 1.21. The van der Waals surface area contributed by atoms with Gasteiger partial charge in [-0.3, -0.25) is 4.79 Å². The second-order valence-corrected chi connectivity index (χ2v) is 3.49. The van der Waals surface area contributed by atoms with Gasteiger partial charge in [-0.1, -0.05) is 31.2 Å². The molecule has 0 fully saturated rings. The summed E-state index contributed by atoms with van der Waals surface area (Å²) in [6, 6.07) is 7.21. The number of rotatable bonds is 3. The zero-order chi connectivity index (χ0) is 10.8. The van der Waals surface area contributed by atoms with Crippen LogP contribution in [-0.2, 0) is 16.8 Å². The van der Waals surface area contributed by atoms with Gasteiger partial charge in [0.1, 0.15) is 0 Å². The van der Waals surface area contributed by atoms with Gasteiger partial charge in [0.2, 0.25) is 0 Å². The Bertz CT molecular complexity index is 328. The first kappa shape index (κ1) is 10.7. The summed E-state index contributed by atoms with van der Waals surface area (Å²) in [4.78, 5) is 10.9. The third-order valence-electron chi connectivity index (χ3n) is 2.40. The Morgan fingerprint density at radius 3 is 2.29 bits per heavy atom. The lowest BCUT2D eigenvalue weighted by atomic mass is 9.94. The molecule has 3 heteroatoms. The van der Waals surface area contributed by atoms with Crippen molar-refractivity contribution in [2.45, 2.75) is 25.9 Å². The van der Waals surface area contributed by atoms with Crippen molar-refractivity contribution in [3.8, 4) is 0 Å². The maximum atomic E-state index is 10.9. The summed E-state index contributed by atoms with van der Waals surface area (Å²) in [6.07, 6.45) is 0.930. The number of hydrogen-bond donors (Lipinski definition) is 2. The summed E-state index contributed by atoms with van der Waals surface area (Å²) in [5.74, 6) is -0.734.